The van der Waals surface area contributed by atoms with E-state index in [0.717, 1.165) is 0 Å². The first-order valence-electron chi connectivity index (χ1n) is 4.11. The molecule has 5 heteroatoms. The molecule has 0 aliphatic carbocycles. The second-order valence-electron chi connectivity index (χ2n) is 2.54. The number of rotatable bonds is 2. The Hall–Kier alpha value is -1.82. The van der Waals surface area contributed by atoms with Gasteiger partial charge in [0.25, 0.3) is 0 Å². The largest absolute Gasteiger partial charge is 0.497 e. The van der Waals surface area contributed by atoms with Crippen LogP contribution < -0.4 is 4.74 Å². The molecule has 0 aromatic heterocycles. The molecule has 4 nitrogen and oxygen atoms in total. The Balaban J connectivity index is 2.90. The summed E-state index contributed by atoms with van der Waals surface area (Å²) >= 11 is 5.90. The maximum atomic E-state index is 8.04. The third-order valence-corrected chi connectivity index (χ3v) is 1.94. The van der Waals surface area contributed by atoms with E-state index >= 15 is 0 Å². The van der Waals surface area contributed by atoms with E-state index in [2.05, 4.69) is 21.9 Å². The summed E-state index contributed by atoms with van der Waals surface area (Å²) < 4.78 is 5.03. The topological polar surface area (TPSA) is 58.0 Å². The van der Waals surface area contributed by atoms with Gasteiger partial charge in [0.15, 0.2) is 0 Å². The van der Waals surface area contributed by atoms with E-state index in [0.29, 0.717) is 16.3 Å². The first-order chi connectivity index (χ1) is 7.27. The van der Waals surface area contributed by atoms with Gasteiger partial charge in [-0.25, -0.2) is 0 Å². The molecular weight excluding hydrogens is 214 g/mol. The molecule has 0 heterocycles. The fraction of sp³-hybridized carbons (Fsp3) is 0.200. The number of halogens is 1. The van der Waals surface area contributed by atoms with E-state index in [-0.39, 0.29) is 6.54 Å². The molecular formula is C10H8ClN3O. The Morgan fingerprint density at radius 1 is 1.60 bits per heavy atom. The third-order valence-electron chi connectivity index (χ3n) is 1.61. The molecule has 0 amide bonds. The van der Waals surface area contributed by atoms with Crippen LogP contribution in [-0.2, 0) is 0 Å². The number of nitrogens with zero attached hydrogens (tertiary/aromatic N) is 3. The van der Waals surface area contributed by atoms with Crippen LogP contribution in [0.15, 0.2) is 23.3 Å². The second kappa shape index (κ2) is 5.82. The lowest BCUT2D eigenvalue weighted by atomic mass is 10.2. The summed E-state index contributed by atoms with van der Waals surface area (Å²) in [6.45, 7) is 0.129. The average molecular weight is 222 g/mol. The Morgan fingerprint density at radius 3 is 3.07 bits per heavy atom. The van der Waals surface area contributed by atoms with Crippen molar-refractivity contribution in [3.63, 3.8) is 0 Å². The molecule has 15 heavy (non-hydrogen) atoms. The molecule has 1 rings (SSSR count). The van der Waals surface area contributed by atoms with Crippen LogP contribution in [0.25, 0.3) is 10.4 Å². The van der Waals surface area contributed by atoms with E-state index in [1.165, 1.54) is 0 Å². The molecule has 0 bridgehead atoms. The van der Waals surface area contributed by atoms with Gasteiger partial charge in [0.05, 0.1) is 18.7 Å². The molecule has 1 aromatic rings. The number of hydrogen-bond donors (Lipinski definition) is 0. The predicted molar refractivity (Wildman–Crippen MR) is 58.9 cm³/mol. The van der Waals surface area contributed by atoms with Crippen LogP contribution in [0, 0.1) is 11.8 Å². The van der Waals surface area contributed by atoms with E-state index in [9.17, 15) is 0 Å². The maximum Gasteiger partial charge on any atom is 0.120 e. The predicted octanol–water partition coefficient (Wildman–Crippen LogP) is 3.01. The van der Waals surface area contributed by atoms with Gasteiger partial charge in [0, 0.05) is 10.5 Å². The van der Waals surface area contributed by atoms with Crippen molar-refractivity contribution in [2.45, 2.75) is 0 Å². The molecule has 0 aliphatic heterocycles. The SMILES string of the molecule is COc1ccc(Cl)c(C#CCN=[N+]=[N-])c1. The highest BCUT2D eigenvalue weighted by atomic mass is 35.5. The minimum absolute atomic E-state index is 0.129. The molecule has 0 saturated heterocycles. The highest BCUT2D eigenvalue weighted by Crippen LogP contribution is 2.20. The van der Waals surface area contributed by atoms with Gasteiger partial charge in [0.1, 0.15) is 5.75 Å². The van der Waals surface area contributed by atoms with Gasteiger partial charge in [-0.3, -0.25) is 0 Å². The summed E-state index contributed by atoms with van der Waals surface area (Å²) in [7, 11) is 1.57. The summed E-state index contributed by atoms with van der Waals surface area (Å²) in [5.41, 5.74) is 8.70. The molecule has 0 saturated carbocycles. The number of azide groups is 1. The van der Waals surface area contributed by atoms with Crippen LogP contribution in [0.2, 0.25) is 5.02 Å². The van der Waals surface area contributed by atoms with Gasteiger partial charge >= 0.3 is 0 Å². The normalized spacial score (nSPS) is 8.40. The first-order valence-corrected chi connectivity index (χ1v) is 4.49. The quantitative estimate of drug-likeness (QED) is 0.328. The summed E-state index contributed by atoms with van der Waals surface area (Å²) in [5, 5.41) is 3.84. The Labute approximate surface area is 92.4 Å². The van der Waals surface area contributed by atoms with Crippen molar-refractivity contribution in [2.24, 2.45) is 5.11 Å². The number of hydrogen-bond acceptors (Lipinski definition) is 2. The lowest BCUT2D eigenvalue weighted by Gasteiger charge is -2.00. The minimum atomic E-state index is 0.129. The average Bonchev–Trinajstić information content (AvgIpc) is 2.26. The Kier molecular flexibility index (Phi) is 4.36. The smallest absolute Gasteiger partial charge is 0.120 e. The lowest BCUT2D eigenvalue weighted by molar-refractivity contribution is 0.414. The summed E-state index contributed by atoms with van der Waals surface area (Å²) in [6.07, 6.45) is 0. The van der Waals surface area contributed by atoms with Crippen molar-refractivity contribution < 1.29 is 4.74 Å². The molecule has 0 N–H and O–H groups in total. The second-order valence-corrected chi connectivity index (χ2v) is 2.94. The molecule has 0 spiro atoms. The fourth-order valence-corrected chi connectivity index (χ4v) is 1.09. The Bertz CT molecular complexity index is 455. The van der Waals surface area contributed by atoms with Crippen LogP contribution in [0.1, 0.15) is 5.56 Å². The molecule has 1 aromatic carbocycles. The van der Waals surface area contributed by atoms with Crippen molar-refractivity contribution in [3.05, 3.63) is 39.2 Å². The molecule has 76 valence electrons. The van der Waals surface area contributed by atoms with Crippen LogP contribution in [0.3, 0.4) is 0 Å². The van der Waals surface area contributed by atoms with Gasteiger partial charge < -0.3 is 4.74 Å². The van der Waals surface area contributed by atoms with Gasteiger partial charge in [0.2, 0.25) is 0 Å². The van der Waals surface area contributed by atoms with Crippen LogP contribution in [0.4, 0.5) is 0 Å². The lowest BCUT2D eigenvalue weighted by Crippen LogP contribution is -1.84. The van der Waals surface area contributed by atoms with E-state index in [4.69, 9.17) is 21.9 Å². The fourth-order valence-electron chi connectivity index (χ4n) is 0.929. The van der Waals surface area contributed by atoms with Crippen molar-refractivity contribution in [1.82, 2.24) is 0 Å². The molecule has 0 aliphatic rings. The summed E-state index contributed by atoms with van der Waals surface area (Å²) in [5.74, 6) is 6.17. The Morgan fingerprint density at radius 2 is 2.40 bits per heavy atom. The van der Waals surface area contributed by atoms with E-state index < -0.39 is 0 Å². The summed E-state index contributed by atoms with van der Waals surface area (Å²) in [6, 6.07) is 5.18. The maximum absolute atomic E-state index is 8.04. The molecule has 0 unspecified atom stereocenters. The van der Waals surface area contributed by atoms with Gasteiger partial charge in [-0.15, -0.1) is 0 Å². The van der Waals surface area contributed by atoms with Gasteiger partial charge in [-0.2, -0.15) is 0 Å². The van der Waals surface area contributed by atoms with Crippen LogP contribution in [0.5, 0.6) is 5.75 Å². The van der Waals surface area contributed by atoms with Crippen molar-refractivity contribution in [1.29, 1.82) is 0 Å². The number of benzene rings is 1. The highest BCUT2D eigenvalue weighted by molar-refractivity contribution is 6.31. The van der Waals surface area contributed by atoms with Crippen molar-refractivity contribution in [2.75, 3.05) is 13.7 Å². The first kappa shape index (κ1) is 11.3. The van der Waals surface area contributed by atoms with Gasteiger partial charge in [-0.05, 0) is 23.7 Å². The standard InChI is InChI=1S/C10H8ClN3O/c1-15-9-4-5-10(11)8(7-9)3-2-6-13-14-12/h4-5,7H,6H2,1H3. The molecule has 0 radical (unpaired) electrons. The monoisotopic (exact) mass is 221 g/mol. The third kappa shape index (κ3) is 3.43. The van der Waals surface area contributed by atoms with Crippen molar-refractivity contribution in [3.8, 4) is 17.6 Å². The van der Waals surface area contributed by atoms with Gasteiger partial charge in [-0.1, -0.05) is 28.6 Å². The zero-order valence-electron chi connectivity index (χ0n) is 8.07. The molecule has 0 atom stereocenters. The van der Waals surface area contributed by atoms with Crippen molar-refractivity contribution >= 4 is 11.6 Å². The van der Waals surface area contributed by atoms with E-state index in [1.54, 1.807) is 25.3 Å². The van der Waals surface area contributed by atoms with E-state index in [1.807, 2.05) is 0 Å². The zero-order chi connectivity index (χ0) is 11.1. The summed E-state index contributed by atoms with van der Waals surface area (Å²) in [4.78, 5) is 2.59. The highest BCUT2D eigenvalue weighted by Gasteiger charge is 1.98. The van der Waals surface area contributed by atoms with Crippen LogP contribution >= 0.6 is 11.6 Å². The minimum Gasteiger partial charge on any atom is -0.497 e. The molecule has 0 fully saturated rings. The zero-order valence-corrected chi connectivity index (χ0v) is 8.82. The number of methoxy groups -OCH3 is 1. The van der Waals surface area contributed by atoms with Crippen LogP contribution in [-0.4, -0.2) is 13.7 Å². The number of ether oxygens (including phenoxy) is 1.